The van der Waals surface area contributed by atoms with Gasteiger partial charge in [-0.25, -0.2) is 0 Å². The first-order valence-electron chi connectivity index (χ1n) is 5.34. The van der Waals surface area contributed by atoms with Crippen LogP contribution in [-0.2, 0) is 9.53 Å². The van der Waals surface area contributed by atoms with Gasteiger partial charge in [0.2, 0.25) is 11.0 Å². The number of nitrogens with zero attached hydrogens (tertiary/aromatic N) is 2. The number of hydrogen-bond acceptors (Lipinski definition) is 7. The molecule has 8 heteroatoms. The number of rotatable bonds is 5. The molecule has 1 saturated heterocycles. The topological polar surface area (TPSA) is 90.1 Å². The summed E-state index contributed by atoms with van der Waals surface area (Å²) in [6, 6.07) is 0. The molecule has 2 heterocycles. The van der Waals surface area contributed by atoms with E-state index in [4.69, 9.17) is 10.5 Å². The Morgan fingerprint density at radius 3 is 3.18 bits per heavy atom. The Morgan fingerprint density at radius 1 is 1.65 bits per heavy atom. The van der Waals surface area contributed by atoms with E-state index in [2.05, 4.69) is 15.5 Å². The maximum atomic E-state index is 11.5. The molecule has 0 radical (unpaired) electrons. The summed E-state index contributed by atoms with van der Waals surface area (Å²) in [4.78, 5) is 11.5. The Kier molecular flexibility index (Phi) is 4.57. The number of ether oxygens (including phenoxy) is 1. The monoisotopic (exact) mass is 274 g/mol. The molecule has 0 aromatic carbocycles. The van der Waals surface area contributed by atoms with Crippen molar-refractivity contribution >= 4 is 34.1 Å². The molecule has 1 fully saturated rings. The molecule has 1 aromatic heterocycles. The van der Waals surface area contributed by atoms with Crippen LogP contribution in [0.3, 0.4) is 0 Å². The van der Waals surface area contributed by atoms with E-state index in [0.29, 0.717) is 17.4 Å². The second-order valence-electron chi connectivity index (χ2n) is 3.63. The zero-order chi connectivity index (χ0) is 12.1. The van der Waals surface area contributed by atoms with Crippen LogP contribution in [0.15, 0.2) is 4.34 Å². The van der Waals surface area contributed by atoms with E-state index in [1.54, 1.807) is 0 Å². The molecule has 1 aliphatic heterocycles. The summed E-state index contributed by atoms with van der Waals surface area (Å²) in [6.07, 6.45) is 2.29. The number of carbonyl (C=O) groups excluding carboxylic acids is 1. The fraction of sp³-hybridized carbons (Fsp3) is 0.667. The van der Waals surface area contributed by atoms with Crippen LogP contribution in [0.1, 0.15) is 12.8 Å². The maximum Gasteiger partial charge on any atom is 0.230 e. The van der Waals surface area contributed by atoms with Gasteiger partial charge in [0.25, 0.3) is 0 Å². The molecule has 6 nitrogen and oxygen atoms in total. The summed E-state index contributed by atoms with van der Waals surface area (Å²) in [5.41, 5.74) is 5.44. The first kappa shape index (κ1) is 12.6. The van der Waals surface area contributed by atoms with Crippen LogP contribution in [0.2, 0.25) is 0 Å². The van der Waals surface area contributed by atoms with Gasteiger partial charge in [-0.2, -0.15) is 0 Å². The summed E-state index contributed by atoms with van der Waals surface area (Å²) in [5, 5.41) is 10.8. The van der Waals surface area contributed by atoms with Crippen LogP contribution in [0, 0.1) is 0 Å². The molecule has 1 atom stereocenters. The van der Waals surface area contributed by atoms with Gasteiger partial charge in [0.15, 0.2) is 4.34 Å². The molecule has 0 unspecified atom stereocenters. The highest BCUT2D eigenvalue weighted by Gasteiger charge is 2.16. The van der Waals surface area contributed by atoms with Crippen LogP contribution in [0.4, 0.5) is 5.13 Å². The van der Waals surface area contributed by atoms with Gasteiger partial charge in [-0.3, -0.25) is 4.79 Å². The van der Waals surface area contributed by atoms with Gasteiger partial charge < -0.3 is 15.8 Å². The Hall–Kier alpha value is -0.860. The fourth-order valence-electron chi connectivity index (χ4n) is 1.49. The van der Waals surface area contributed by atoms with Crippen LogP contribution < -0.4 is 11.1 Å². The zero-order valence-electron chi connectivity index (χ0n) is 9.22. The molecule has 17 heavy (non-hydrogen) atoms. The fourth-order valence-corrected chi connectivity index (χ4v) is 2.96. The van der Waals surface area contributed by atoms with Crippen LogP contribution in [0.25, 0.3) is 0 Å². The van der Waals surface area contributed by atoms with Gasteiger partial charge in [0, 0.05) is 13.2 Å². The lowest BCUT2D eigenvalue weighted by atomic mass is 10.2. The van der Waals surface area contributed by atoms with Gasteiger partial charge in [-0.1, -0.05) is 23.1 Å². The third kappa shape index (κ3) is 4.14. The van der Waals surface area contributed by atoms with E-state index < -0.39 is 0 Å². The first-order chi connectivity index (χ1) is 8.24. The predicted octanol–water partition coefficient (Wildman–Crippen LogP) is 0.508. The van der Waals surface area contributed by atoms with Gasteiger partial charge in [-0.15, -0.1) is 10.2 Å². The van der Waals surface area contributed by atoms with E-state index >= 15 is 0 Å². The number of aromatic nitrogens is 2. The van der Waals surface area contributed by atoms with Crippen LogP contribution >= 0.6 is 23.1 Å². The first-order valence-corrected chi connectivity index (χ1v) is 7.14. The number of nitrogens with one attached hydrogen (secondary N) is 1. The highest BCUT2D eigenvalue weighted by atomic mass is 32.2. The van der Waals surface area contributed by atoms with E-state index in [1.165, 1.54) is 23.1 Å². The van der Waals surface area contributed by atoms with Crippen molar-refractivity contribution in [3.05, 3.63) is 0 Å². The molecular weight excluding hydrogens is 260 g/mol. The van der Waals surface area contributed by atoms with Gasteiger partial charge >= 0.3 is 0 Å². The zero-order valence-corrected chi connectivity index (χ0v) is 10.9. The highest BCUT2D eigenvalue weighted by molar-refractivity contribution is 8.01. The molecule has 0 saturated carbocycles. The standard InChI is InChI=1S/C9H14N4O2S2/c10-8-12-13-9(17-8)16-5-7(14)11-4-6-2-1-3-15-6/h6H,1-5H2,(H2,10,12)(H,11,14)/t6-/m0/s1. The van der Waals surface area contributed by atoms with Gasteiger partial charge in [0.05, 0.1) is 11.9 Å². The summed E-state index contributed by atoms with van der Waals surface area (Å²) < 4.78 is 6.13. The quantitative estimate of drug-likeness (QED) is 0.760. The minimum atomic E-state index is -0.0146. The van der Waals surface area contributed by atoms with Crippen molar-refractivity contribution in [2.45, 2.75) is 23.3 Å². The van der Waals surface area contributed by atoms with Crippen molar-refractivity contribution < 1.29 is 9.53 Å². The molecule has 0 spiro atoms. The van der Waals surface area contributed by atoms with Crippen molar-refractivity contribution in [1.82, 2.24) is 15.5 Å². The molecule has 1 amide bonds. The average molecular weight is 274 g/mol. The lowest BCUT2D eigenvalue weighted by Crippen LogP contribution is -2.32. The number of anilines is 1. The van der Waals surface area contributed by atoms with Crippen molar-refractivity contribution in [1.29, 1.82) is 0 Å². The van der Waals surface area contributed by atoms with E-state index in [0.717, 1.165) is 23.8 Å². The molecule has 1 aromatic rings. The average Bonchev–Trinajstić information content (AvgIpc) is 2.95. The summed E-state index contributed by atoms with van der Waals surface area (Å²) in [5.74, 6) is 0.320. The summed E-state index contributed by atoms with van der Waals surface area (Å²) >= 11 is 2.63. The van der Waals surface area contributed by atoms with Crippen molar-refractivity contribution in [2.75, 3.05) is 24.6 Å². The molecule has 0 aliphatic carbocycles. The van der Waals surface area contributed by atoms with Gasteiger partial charge in [-0.05, 0) is 12.8 Å². The predicted molar refractivity (Wildman–Crippen MR) is 67.0 cm³/mol. The normalized spacial score (nSPS) is 19.4. The second-order valence-corrected chi connectivity index (χ2v) is 5.87. The minimum Gasteiger partial charge on any atom is -0.376 e. The van der Waals surface area contributed by atoms with Crippen LogP contribution in [0.5, 0.6) is 0 Å². The summed E-state index contributed by atoms with van der Waals surface area (Å²) in [7, 11) is 0. The number of amides is 1. The second kappa shape index (κ2) is 6.18. The highest BCUT2D eigenvalue weighted by Crippen LogP contribution is 2.22. The van der Waals surface area contributed by atoms with Crippen molar-refractivity contribution in [2.24, 2.45) is 0 Å². The molecular formula is C9H14N4O2S2. The molecule has 2 rings (SSSR count). The van der Waals surface area contributed by atoms with E-state index in [1.807, 2.05) is 0 Å². The molecule has 0 bridgehead atoms. The SMILES string of the molecule is Nc1nnc(SCC(=O)NC[C@@H]2CCCO2)s1. The number of nitrogen functional groups attached to an aromatic ring is 1. The number of nitrogens with two attached hydrogens (primary N) is 1. The van der Waals surface area contributed by atoms with Crippen molar-refractivity contribution in [3.8, 4) is 0 Å². The Labute approximate surface area is 107 Å². The lowest BCUT2D eigenvalue weighted by Gasteiger charge is -2.09. The maximum absolute atomic E-state index is 11.5. The summed E-state index contributed by atoms with van der Waals surface area (Å²) in [6.45, 7) is 1.40. The van der Waals surface area contributed by atoms with E-state index in [9.17, 15) is 4.79 Å². The largest absolute Gasteiger partial charge is 0.376 e. The number of thioether (sulfide) groups is 1. The Bertz CT molecular complexity index is 379. The smallest absolute Gasteiger partial charge is 0.230 e. The number of hydrogen-bond donors (Lipinski definition) is 2. The third-order valence-corrected chi connectivity index (χ3v) is 4.19. The minimum absolute atomic E-state index is 0.0146. The Morgan fingerprint density at radius 2 is 2.53 bits per heavy atom. The lowest BCUT2D eigenvalue weighted by molar-refractivity contribution is -0.119. The van der Waals surface area contributed by atoms with Crippen molar-refractivity contribution in [3.63, 3.8) is 0 Å². The third-order valence-electron chi connectivity index (χ3n) is 2.30. The van der Waals surface area contributed by atoms with E-state index in [-0.39, 0.29) is 12.0 Å². The van der Waals surface area contributed by atoms with Crippen LogP contribution in [-0.4, -0.2) is 41.1 Å². The molecule has 94 valence electrons. The molecule has 1 aliphatic rings. The Balaban J connectivity index is 1.63. The number of carbonyl (C=O) groups is 1. The van der Waals surface area contributed by atoms with Gasteiger partial charge in [0.1, 0.15) is 0 Å². The molecule has 3 N–H and O–H groups in total.